The van der Waals surface area contributed by atoms with E-state index in [0.29, 0.717) is 17.7 Å². The third-order valence-electron chi connectivity index (χ3n) is 3.04. The van der Waals surface area contributed by atoms with E-state index in [0.717, 1.165) is 5.13 Å². The van der Waals surface area contributed by atoms with E-state index >= 15 is 0 Å². The van der Waals surface area contributed by atoms with E-state index in [2.05, 4.69) is 25.8 Å². The summed E-state index contributed by atoms with van der Waals surface area (Å²) in [4.78, 5) is 17.8. The first-order valence-electron chi connectivity index (χ1n) is 5.83. The predicted octanol–water partition coefficient (Wildman–Crippen LogP) is 2.47. The lowest BCUT2D eigenvalue weighted by Crippen LogP contribution is -2.33. The normalized spacial score (nSPS) is 12.8. The first kappa shape index (κ1) is 14.9. The highest BCUT2D eigenvalue weighted by Gasteiger charge is 2.22. The molecule has 5 nitrogen and oxygen atoms in total. The van der Waals surface area contributed by atoms with E-state index in [1.807, 2.05) is 11.9 Å². The molecule has 1 rings (SSSR count). The second-order valence-corrected chi connectivity index (χ2v) is 5.58. The summed E-state index contributed by atoms with van der Waals surface area (Å²) in [5, 5.41) is 9.85. The van der Waals surface area contributed by atoms with Gasteiger partial charge in [-0.3, -0.25) is 0 Å². The second kappa shape index (κ2) is 6.15. The van der Waals surface area contributed by atoms with Crippen LogP contribution < -0.4 is 4.90 Å². The first-order chi connectivity index (χ1) is 8.38. The Morgan fingerprint density at radius 1 is 1.50 bits per heavy atom. The maximum atomic E-state index is 11.1. The number of thiazole rings is 1. The molecule has 1 aromatic rings. The van der Waals surface area contributed by atoms with Gasteiger partial charge in [0.2, 0.25) is 0 Å². The number of hydrogen-bond donors (Lipinski definition) is 1. The van der Waals surface area contributed by atoms with Crippen LogP contribution in [0, 0.1) is 5.92 Å². The van der Waals surface area contributed by atoms with Crippen molar-refractivity contribution in [1.29, 1.82) is 0 Å². The monoisotopic (exact) mass is 272 g/mol. The van der Waals surface area contributed by atoms with Crippen LogP contribution in [0.5, 0.6) is 0 Å². The van der Waals surface area contributed by atoms with Crippen molar-refractivity contribution in [3.8, 4) is 0 Å². The van der Waals surface area contributed by atoms with Gasteiger partial charge in [-0.2, -0.15) is 0 Å². The molecule has 0 aromatic carbocycles. The molecule has 1 unspecified atom stereocenters. The molecule has 1 atom stereocenters. The molecule has 1 heterocycles. The molecule has 1 N–H and O–H groups in total. The average molecular weight is 272 g/mol. The van der Waals surface area contributed by atoms with Crippen LogP contribution in [0.1, 0.15) is 36.1 Å². The van der Waals surface area contributed by atoms with Crippen LogP contribution in [0.4, 0.5) is 5.13 Å². The van der Waals surface area contributed by atoms with Crippen molar-refractivity contribution in [3.05, 3.63) is 10.6 Å². The van der Waals surface area contributed by atoms with Crippen LogP contribution >= 0.6 is 11.3 Å². The van der Waals surface area contributed by atoms with Gasteiger partial charge in [0, 0.05) is 20.2 Å². The van der Waals surface area contributed by atoms with E-state index in [1.165, 1.54) is 18.4 Å². The number of aromatic carboxylic acids is 1. The van der Waals surface area contributed by atoms with E-state index in [-0.39, 0.29) is 11.5 Å². The largest absolute Gasteiger partial charge is 0.477 e. The molecule has 0 radical (unpaired) electrons. The quantitative estimate of drug-likeness (QED) is 0.862. The fourth-order valence-corrected chi connectivity index (χ4v) is 2.47. The van der Waals surface area contributed by atoms with Crippen LogP contribution in [0.3, 0.4) is 0 Å². The summed E-state index contributed by atoms with van der Waals surface area (Å²) < 4.78 is 4.98. The second-order valence-electron chi connectivity index (χ2n) is 4.61. The number of aromatic nitrogens is 1. The van der Waals surface area contributed by atoms with Gasteiger partial charge in [0.1, 0.15) is 4.88 Å². The summed E-state index contributed by atoms with van der Waals surface area (Å²) in [6.45, 7) is 6.58. The van der Waals surface area contributed by atoms with Gasteiger partial charge in [-0.1, -0.05) is 25.2 Å². The number of nitrogens with zero attached hydrogens (tertiary/aromatic N) is 2. The lowest BCUT2D eigenvalue weighted by Gasteiger charge is -2.27. The lowest BCUT2D eigenvalue weighted by molar-refractivity contribution is 0.0697. The van der Waals surface area contributed by atoms with Crippen molar-refractivity contribution in [1.82, 2.24) is 4.98 Å². The fraction of sp³-hybridized carbons (Fsp3) is 0.667. The molecule has 0 saturated carbocycles. The van der Waals surface area contributed by atoms with Crippen molar-refractivity contribution >= 4 is 22.4 Å². The maximum absolute atomic E-state index is 11.1. The zero-order chi connectivity index (χ0) is 13.9. The lowest BCUT2D eigenvalue weighted by atomic mass is 10.1. The molecule has 102 valence electrons. The summed E-state index contributed by atoms with van der Waals surface area (Å²) in [6, 6.07) is 0.299. The molecule has 0 aliphatic heterocycles. The van der Waals surface area contributed by atoms with Crippen LogP contribution in [0.2, 0.25) is 0 Å². The van der Waals surface area contributed by atoms with Crippen LogP contribution in [-0.2, 0) is 11.3 Å². The predicted molar refractivity (Wildman–Crippen MR) is 72.5 cm³/mol. The zero-order valence-corrected chi connectivity index (χ0v) is 12.2. The number of carbonyl (C=O) groups is 1. The molecule has 0 bridgehead atoms. The van der Waals surface area contributed by atoms with E-state index in [9.17, 15) is 4.79 Å². The van der Waals surface area contributed by atoms with Gasteiger partial charge < -0.3 is 14.7 Å². The minimum Gasteiger partial charge on any atom is -0.477 e. The highest BCUT2D eigenvalue weighted by Crippen LogP contribution is 2.28. The summed E-state index contributed by atoms with van der Waals surface area (Å²) in [6.07, 6.45) is 0. The molecule has 0 fully saturated rings. The van der Waals surface area contributed by atoms with Crippen LogP contribution in [0.25, 0.3) is 0 Å². The summed E-state index contributed by atoms with van der Waals surface area (Å²) in [5.74, 6) is -0.477. The number of hydrogen-bond acceptors (Lipinski definition) is 5. The molecule has 0 spiro atoms. The van der Waals surface area contributed by atoms with Crippen molar-refractivity contribution in [2.75, 3.05) is 19.1 Å². The number of methoxy groups -OCH3 is 1. The summed E-state index contributed by atoms with van der Waals surface area (Å²) >= 11 is 1.20. The average Bonchev–Trinajstić information content (AvgIpc) is 2.71. The topological polar surface area (TPSA) is 62.7 Å². The Labute approximate surface area is 111 Å². The Kier molecular flexibility index (Phi) is 5.10. The Balaban J connectivity index is 3.03. The maximum Gasteiger partial charge on any atom is 0.347 e. The van der Waals surface area contributed by atoms with Gasteiger partial charge in [0.15, 0.2) is 5.13 Å². The van der Waals surface area contributed by atoms with Crippen molar-refractivity contribution < 1.29 is 14.6 Å². The van der Waals surface area contributed by atoms with E-state index in [1.54, 1.807) is 0 Å². The Bertz CT molecular complexity index is 417. The molecule has 0 saturated heterocycles. The van der Waals surface area contributed by atoms with Crippen LogP contribution in [-0.4, -0.2) is 36.3 Å². The SMILES string of the molecule is COCc1nc(N(C)C(C)C(C)C)sc1C(=O)O. The third-order valence-corrected chi connectivity index (χ3v) is 4.22. The minimum atomic E-state index is -0.948. The molecular formula is C12H20N2O3S. The summed E-state index contributed by atoms with van der Waals surface area (Å²) in [5.41, 5.74) is 0.493. The first-order valence-corrected chi connectivity index (χ1v) is 6.64. The van der Waals surface area contributed by atoms with Crippen molar-refractivity contribution in [2.45, 2.75) is 33.4 Å². The van der Waals surface area contributed by atoms with Gasteiger partial charge in [0.05, 0.1) is 12.3 Å². The van der Waals surface area contributed by atoms with Gasteiger partial charge >= 0.3 is 5.97 Å². The summed E-state index contributed by atoms with van der Waals surface area (Å²) in [7, 11) is 3.47. The van der Waals surface area contributed by atoms with Gasteiger partial charge in [-0.25, -0.2) is 9.78 Å². The van der Waals surface area contributed by atoms with Crippen molar-refractivity contribution in [2.24, 2.45) is 5.92 Å². The highest BCUT2D eigenvalue weighted by molar-refractivity contribution is 7.17. The van der Waals surface area contributed by atoms with Gasteiger partial charge in [0.25, 0.3) is 0 Å². The van der Waals surface area contributed by atoms with Crippen molar-refractivity contribution in [3.63, 3.8) is 0 Å². The van der Waals surface area contributed by atoms with Gasteiger partial charge in [-0.15, -0.1) is 0 Å². The number of rotatable bonds is 6. The highest BCUT2D eigenvalue weighted by atomic mass is 32.1. The van der Waals surface area contributed by atoms with Crippen LogP contribution in [0.15, 0.2) is 0 Å². The van der Waals surface area contributed by atoms with E-state index in [4.69, 9.17) is 9.84 Å². The van der Waals surface area contributed by atoms with E-state index < -0.39 is 5.97 Å². The Morgan fingerprint density at radius 2 is 2.11 bits per heavy atom. The molecular weight excluding hydrogens is 252 g/mol. The number of anilines is 1. The third kappa shape index (κ3) is 3.20. The Hall–Kier alpha value is -1.14. The zero-order valence-electron chi connectivity index (χ0n) is 11.4. The van der Waals surface area contributed by atoms with Gasteiger partial charge in [-0.05, 0) is 12.8 Å². The Morgan fingerprint density at radius 3 is 2.56 bits per heavy atom. The number of ether oxygens (including phenoxy) is 1. The number of carboxylic acids is 1. The molecule has 0 aliphatic carbocycles. The molecule has 0 aliphatic rings. The smallest absolute Gasteiger partial charge is 0.347 e. The molecule has 18 heavy (non-hydrogen) atoms. The standard InChI is InChI=1S/C12H20N2O3S/c1-7(2)8(3)14(4)12-13-9(6-17-5)10(18-12)11(15)16/h7-8H,6H2,1-5H3,(H,15,16). The molecule has 6 heteroatoms. The minimum absolute atomic E-state index is 0.224. The molecule has 0 amide bonds. The number of carboxylic acid groups (broad SMARTS) is 1. The molecule has 1 aromatic heterocycles. The fourth-order valence-electron chi connectivity index (χ4n) is 1.51.